The van der Waals surface area contributed by atoms with Crippen LogP contribution in [0, 0.1) is 6.92 Å². The number of hydrogen-bond acceptors (Lipinski definition) is 4. The lowest BCUT2D eigenvalue weighted by atomic mass is 10.0. The van der Waals surface area contributed by atoms with Crippen LogP contribution < -0.4 is 10.5 Å². The number of nitrogens with zero attached hydrogens (tertiary/aromatic N) is 1. The van der Waals surface area contributed by atoms with E-state index in [-0.39, 0.29) is 0 Å². The summed E-state index contributed by atoms with van der Waals surface area (Å²) >= 11 is 0. The van der Waals surface area contributed by atoms with Gasteiger partial charge in [0.05, 0.1) is 12.8 Å². The van der Waals surface area contributed by atoms with Crippen molar-refractivity contribution in [3.05, 3.63) is 35.5 Å². The molecule has 0 unspecified atom stereocenters. The highest BCUT2D eigenvalue weighted by molar-refractivity contribution is 5.76. The van der Waals surface area contributed by atoms with Crippen molar-refractivity contribution in [2.45, 2.75) is 20.3 Å². The lowest BCUT2D eigenvalue weighted by Crippen LogP contribution is -1.99. The third-order valence-electron chi connectivity index (χ3n) is 3.19. The molecule has 0 bridgehead atoms. The Morgan fingerprint density at radius 3 is 2.68 bits per heavy atom. The van der Waals surface area contributed by atoms with E-state index in [0.717, 1.165) is 28.8 Å². The Bertz CT molecular complexity index is 609. The zero-order valence-electron chi connectivity index (χ0n) is 11.4. The van der Waals surface area contributed by atoms with Crippen LogP contribution in [0.25, 0.3) is 11.1 Å². The van der Waals surface area contributed by atoms with E-state index < -0.39 is 0 Å². The van der Waals surface area contributed by atoms with Gasteiger partial charge in [0.15, 0.2) is 0 Å². The van der Waals surface area contributed by atoms with E-state index in [9.17, 15) is 5.11 Å². The van der Waals surface area contributed by atoms with Crippen LogP contribution in [0.1, 0.15) is 18.2 Å². The van der Waals surface area contributed by atoms with Crippen molar-refractivity contribution in [3.63, 3.8) is 0 Å². The average Bonchev–Trinajstić information content (AvgIpc) is 2.40. The van der Waals surface area contributed by atoms with E-state index in [1.165, 1.54) is 0 Å². The van der Waals surface area contributed by atoms with Crippen LogP contribution in [-0.4, -0.2) is 17.2 Å². The van der Waals surface area contributed by atoms with Gasteiger partial charge in [-0.15, -0.1) is 0 Å². The van der Waals surface area contributed by atoms with Gasteiger partial charge in [0.2, 0.25) is 0 Å². The van der Waals surface area contributed by atoms with Crippen molar-refractivity contribution >= 4 is 5.82 Å². The summed E-state index contributed by atoms with van der Waals surface area (Å²) in [5.41, 5.74) is 9.37. The molecular weight excluding hydrogens is 240 g/mol. The molecule has 0 radical (unpaired) electrons. The Morgan fingerprint density at radius 2 is 2.05 bits per heavy atom. The molecule has 0 aliphatic heterocycles. The van der Waals surface area contributed by atoms with Gasteiger partial charge in [-0.3, -0.25) is 0 Å². The highest BCUT2D eigenvalue weighted by Gasteiger charge is 2.11. The summed E-state index contributed by atoms with van der Waals surface area (Å²) in [6, 6.07) is 7.32. The van der Waals surface area contributed by atoms with Gasteiger partial charge in [0, 0.05) is 5.56 Å². The van der Waals surface area contributed by atoms with Gasteiger partial charge in [-0.2, -0.15) is 0 Å². The summed E-state index contributed by atoms with van der Waals surface area (Å²) < 4.78 is 5.27. The van der Waals surface area contributed by atoms with Gasteiger partial charge in [-0.05, 0) is 42.7 Å². The maximum atomic E-state index is 9.72. The first-order valence-corrected chi connectivity index (χ1v) is 6.20. The van der Waals surface area contributed by atoms with Crippen LogP contribution in [-0.2, 0) is 6.42 Å². The number of nitrogens with two attached hydrogens (primary N) is 1. The van der Waals surface area contributed by atoms with Crippen LogP contribution in [0.3, 0.4) is 0 Å². The summed E-state index contributed by atoms with van der Waals surface area (Å²) in [6.07, 6.45) is 0.760. The zero-order valence-corrected chi connectivity index (χ0v) is 11.4. The van der Waals surface area contributed by atoms with E-state index in [4.69, 9.17) is 10.5 Å². The summed E-state index contributed by atoms with van der Waals surface area (Å²) in [4.78, 5) is 4.29. The number of rotatable bonds is 3. The maximum absolute atomic E-state index is 9.72. The largest absolute Gasteiger partial charge is 0.508 e. The number of phenolic OH excluding ortho intramolecular Hbond substituents is 1. The van der Waals surface area contributed by atoms with Crippen molar-refractivity contribution in [1.82, 2.24) is 4.98 Å². The number of methoxy groups -OCH3 is 1. The van der Waals surface area contributed by atoms with Crippen molar-refractivity contribution in [1.29, 1.82) is 0 Å². The normalized spacial score (nSPS) is 10.5. The highest BCUT2D eigenvalue weighted by Crippen LogP contribution is 2.32. The standard InChI is InChI=1S/C15H18N2O2/c1-4-10-7-11(5-6-13(10)18)12-8-14(19-3)9(2)17-15(12)16/h5-8,18H,4H2,1-3H3,(H2,16,17). The molecule has 100 valence electrons. The minimum atomic E-state index is 0.303. The van der Waals surface area contributed by atoms with Crippen LogP contribution in [0.5, 0.6) is 11.5 Å². The molecule has 0 saturated heterocycles. The molecule has 0 fully saturated rings. The van der Waals surface area contributed by atoms with Crippen LogP contribution in [0.4, 0.5) is 5.82 Å². The molecule has 3 N–H and O–H groups in total. The van der Waals surface area contributed by atoms with Gasteiger partial charge >= 0.3 is 0 Å². The fraction of sp³-hybridized carbons (Fsp3) is 0.267. The summed E-state index contributed by atoms with van der Waals surface area (Å²) in [5, 5.41) is 9.72. The third kappa shape index (κ3) is 2.47. The molecule has 0 amide bonds. The quantitative estimate of drug-likeness (QED) is 0.888. The number of ether oxygens (including phenoxy) is 1. The van der Waals surface area contributed by atoms with Crippen LogP contribution in [0.15, 0.2) is 24.3 Å². The Balaban J connectivity index is 2.58. The second-order valence-corrected chi connectivity index (χ2v) is 4.41. The lowest BCUT2D eigenvalue weighted by Gasteiger charge is -2.11. The molecule has 2 rings (SSSR count). The second kappa shape index (κ2) is 5.18. The first-order valence-electron chi connectivity index (χ1n) is 6.20. The number of aromatic nitrogens is 1. The lowest BCUT2D eigenvalue weighted by molar-refractivity contribution is 0.409. The van der Waals surface area contributed by atoms with Gasteiger partial charge in [-0.25, -0.2) is 4.98 Å². The number of aryl methyl sites for hydroxylation is 2. The fourth-order valence-electron chi connectivity index (χ4n) is 2.08. The molecule has 1 aromatic heterocycles. The van der Waals surface area contributed by atoms with Crippen molar-refractivity contribution in [2.24, 2.45) is 0 Å². The molecule has 0 aliphatic carbocycles. The maximum Gasteiger partial charge on any atom is 0.140 e. The number of pyridine rings is 1. The Labute approximate surface area is 112 Å². The Hall–Kier alpha value is -2.23. The third-order valence-corrected chi connectivity index (χ3v) is 3.19. The molecule has 4 heteroatoms. The molecule has 19 heavy (non-hydrogen) atoms. The SMILES string of the molecule is CCc1cc(-c2cc(OC)c(C)nc2N)ccc1O. The van der Waals surface area contributed by atoms with Gasteiger partial charge in [0.1, 0.15) is 17.3 Å². The van der Waals surface area contributed by atoms with Crippen molar-refractivity contribution in [3.8, 4) is 22.6 Å². The van der Waals surface area contributed by atoms with Crippen molar-refractivity contribution in [2.75, 3.05) is 12.8 Å². The van der Waals surface area contributed by atoms with E-state index >= 15 is 0 Å². The molecular formula is C15H18N2O2. The summed E-state index contributed by atoms with van der Waals surface area (Å²) in [6.45, 7) is 3.85. The Morgan fingerprint density at radius 1 is 1.32 bits per heavy atom. The zero-order chi connectivity index (χ0) is 14.0. The summed E-state index contributed by atoms with van der Waals surface area (Å²) in [7, 11) is 1.61. The topological polar surface area (TPSA) is 68.4 Å². The average molecular weight is 258 g/mol. The minimum absolute atomic E-state index is 0.303. The van der Waals surface area contributed by atoms with Crippen LogP contribution >= 0.6 is 0 Å². The molecule has 0 spiro atoms. The first-order chi connectivity index (χ1) is 9.06. The first kappa shape index (κ1) is 13.2. The van der Waals surface area contributed by atoms with Crippen molar-refractivity contribution < 1.29 is 9.84 Å². The number of aromatic hydroxyl groups is 1. The predicted molar refractivity (Wildman–Crippen MR) is 76.4 cm³/mol. The molecule has 4 nitrogen and oxygen atoms in total. The number of nitrogen functional groups attached to an aromatic ring is 1. The molecule has 2 aromatic rings. The van der Waals surface area contributed by atoms with E-state index in [0.29, 0.717) is 17.3 Å². The summed E-state index contributed by atoms with van der Waals surface area (Å²) in [5.74, 6) is 1.47. The van der Waals surface area contributed by atoms with Crippen LogP contribution in [0.2, 0.25) is 0 Å². The smallest absolute Gasteiger partial charge is 0.140 e. The molecule has 0 aliphatic rings. The van der Waals surface area contributed by atoms with E-state index in [2.05, 4.69) is 4.98 Å². The monoisotopic (exact) mass is 258 g/mol. The van der Waals surface area contributed by atoms with E-state index in [1.54, 1.807) is 13.2 Å². The minimum Gasteiger partial charge on any atom is -0.508 e. The molecule has 1 aromatic carbocycles. The second-order valence-electron chi connectivity index (χ2n) is 4.41. The van der Waals surface area contributed by atoms with E-state index in [1.807, 2.05) is 32.0 Å². The highest BCUT2D eigenvalue weighted by atomic mass is 16.5. The molecule has 0 atom stereocenters. The number of benzene rings is 1. The Kier molecular flexibility index (Phi) is 3.60. The van der Waals surface area contributed by atoms with Gasteiger partial charge < -0.3 is 15.6 Å². The van der Waals surface area contributed by atoms with Gasteiger partial charge in [-0.1, -0.05) is 13.0 Å². The molecule has 1 heterocycles. The number of hydrogen-bond donors (Lipinski definition) is 2. The molecule has 0 saturated carbocycles. The van der Waals surface area contributed by atoms with Gasteiger partial charge in [0.25, 0.3) is 0 Å². The fourth-order valence-corrected chi connectivity index (χ4v) is 2.08. The number of anilines is 1. The number of phenols is 1. The predicted octanol–water partition coefficient (Wildman–Crippen LogP) is 2.92.